The van der Waals surface area contributed by atoms with Gasteiger partial charge in [-0.15, -0.1) is 0 Å². The quantitative estimate of drug-likeness (QED) is 0.779. The summed E-state index contributed by atoms with van der Waals surface area (Å²) in [5.41, 5.74) is 0. The van der Waals surface area contributed by atoms with Gasteiger partial charge in [0.1, 0.15) is 0 Å². The molecule has 1 aliphatic heterocycles. The van der Waals surface area contributed by atoms with Crippen LogP contribution in [0.2, 0.25) is 0 Å². The van der Waals surface area contributed by atoms with E-state index in [0.717, 1.165) is 12.8 Å². The maximum atomic E-state index is 10.2. The standard InChI is InChI=1S/C13H26O2/c1-8(2)6-7-12(14)13-9(3)10(4)15-11(13)5/h8-14H,6-7H2,1-5H3. The summed E-state index contributed by atoms with van der Waals surface area (Å²) in [6.45, 7) is 10.8. The molecule has 0 aromatic carbocycles. The van der Waals surface area contributed by atoms with Gasteiger partial charge in [-0.3, -0.25) is 0 Å². The van der Waals surface area contributed by atoms with E-state index in [1.807, 2.05) is 0 Å². The molecule has 0 aromatic rings. The largest absolute Gasteiger partial charge is 0.393 e. The lowest BCUT2D eigenvalue weighted by Gasteiger charge is -2.25. The minimum Gasteiger partial charge on any atom is -0.393 e. The van der Waals surface area contributed by atoms with E-state index in [9.17, 15) is 5.11 Å². The number of hydrogen-bond acceptors (Lipinski definition) is 2. The normalized spacial score (nSPS) is 38.6. The zero-order valence-corrected chi connectivity index (χ0v) is 10.7. The van der Waals surface area contributed by atoms with E-state index in [-0.39, 0.29) is 12.2 Å². The Morgan fingerprint density at radius 1 is 1.07 bits per heavy atom. The summed E-state index contributed by atoms with van der Waals surface area (Å²) < 4.78 is 5.75. The van der Waals surface area contributed by atoms with Crippen molar-refractivity contribution in [2.24, 2.45) is 17.8 Å². The van der Waals surface area contributed by atoms with Crippen molar-refractivity contribution in [3.8, 4) is 0 Å². The van der Waals surface area contributed by atoms with Crippen molar-refractivity contribution >= 4 is 0 Å². The summed E-state index contributed by atoms with van der Waals surface area (Å²) in [5, 5.41) is 10.2. The van der Waals surface area contributed by atoms with Gasteiger partial charge in [-0.05, 0) is 38.5 Å². The van der Waals surface area contributed by atoms with Crippen LogP contribution in [0.4, 0.5) is 0 Å². The minimum atomic E-state index is -0.192. The molecule has 0 bridgehead atoms. The third kappa shape index (κ3) is 3.18. The highest BCUT2D eigenvalue weighted by Crippen LogP contribution is 2.35. The molecule has 1 heterocycles. The van der Waals surface area contributed by atoms with Crippen LogP contribution in [-0.2, 0) is 4.74 Å². The highest BCUT2D eigenvalue weighted by Gasteiger charge is 2.40. The summed E-state index contributed by atoms with van der Waals surface area (Å²) in [6.07, 6.45) is 2.32. The van der Waals surface area contributed by atoms with Gasteiger partial charge in [-0.2, -0.15) is 0 Å². The molecule has 1 N–H and O–H groups in total. The average Bonchev–Trinajstić information content (AvgIpc) is 2.37. The zero-order chi connectivity index (χ0) is 11.6. The first-order chi connectivity index (χ1) is 6.93. The fourth-order valence-corrected chi connectivity index (χ4v) is 2.65. The van der Waals surface area contributed by atoms with E-state index in [0.29, 0.717) is 23.9 Å². The Hall–Kier alpha value is -0.0800. The smallest absolute Gasteiger partial charge is 0.0607 e. The molecule has 0 spiro atoms. The molecule has 0 radical (unpaired) electrons. The number of rotatable bonds is 4. The maximum absolute atomic E-state index is 10.2. The van der Waals surface area contributed by atoms with Crippen molar-refractivity contribution in [3.05, 3.63) is 0 Å². The summed E-state index contributed by atoms with van der Waals surface area (Å²) >= 11 is 0. The molecule has 5 atom stereocenters. The molecule has 0 amide bonds. The summed E-state index contributed by atoms with van der Waals surface area (Å²) in [6, 6.07) is 0. The molecular weight excluding hydrogens is 188 g/mol. The van der Waals surface area contributed by atoms with Crippen molar-refractivity contribution in [2.45, 2.75) is 65.8 Å². The van der Waals surface area contributed by atoms with Gasteiger partial charge in [-0.25, -0.2) is 0 Å². The van der Waals surface area contributed by atoms with Crippen molar-refractivity contribution in [1.82, 2.24) is 0 Å². The second-order valence-electron chi connectivity index (χ2n) is 5.52. The van der Waals surface area contributed by atoms with Crippen LogP contribution in [0.15, 0.2) is 0 Å². The summed E-state index contributed by atoms with van der Waals surface area (Å²) in [7, 11) is 0. The van der Waals surface area contributed by atoms with Crippen LogP contribution < -0.4 is 0 Å². The van der Waals surface area contributed by atoms with Crippen LogP contribution in [0.25, 0.3) is 0 Å². The zero-order valence-electron chi connectivity index (χ0n) is 10.7. The first-order valence-corrected chi connectivity index (χ1v) is 6.27. The van der Waals surface area contributed by atoms with Crippen molar-refractivity contribution < 1.29 is 9.84 Å². The molecule has 1 rings (SSSR count). The molecule has 0 aliphatic carbocycles. The second-order valence-corrected chi connectivity index (χ2v) is 5.52. The Bertz CT molecular complexity index is 191. The lowest BCUT2D eigenvalue weighted by molar-refractivity contribution is 0.0194. The predicted molar refractivity (Wildman–Crippen MR) is 62.7 cm³/mol. The fourth-order valence-electron chi connectivity index (χ4n) is 2.65. The molecule has 0 saturated carbocycles. The Labute approximate surface area is 94.0 Å². The molecule has 5 unspecified atom stereocenters. The highest BCUT2D eigenvalue weighted by molar-refractivity contribution is 4.88. The van der Waals surface area contributed by atoms with E-state index >= 15 is 0 Å². The van der Waals surface area contributed by atoms with Gasteiger partial charge in [0.2, 0.25) is 0 Å². The van der Waals surface area contributed by atoms with E-state index < -0.39 is 0 Å². The topological polar surface area (TPSA) is 29.5 Å². The lowest BCUT2D eigenvalue weighted by atomic mass is 9.82. The number of aliphatic hydroxyl groups is 1. The van der Waals surface area contributed by atoms with E-state index in [1.54, 1.807) is 0 Å². The lowest BCUT2D eigenvalue weighted by Crippen LogP contribution is -2.31. The molecule has 15 heavy (non-hydrogen) atoms. The number of hydrogen-bond donors (Lipinski definition) is 1. The average molecular weight is 214 g/mol. The van der Waals surface area contributed by atoms with Crippen molar-refractivity contribution in [2.75, 3.05) is 0 Å². The molecule has 1 fully saturated rings. The summed E-state index contributed by atoms with van der Waals surface area (Å²) in [5.74, 6) is 1.46. The molecule has 0 aromatic heterocycles. The van der Waals surface area contributed by atoms with Crippen molar-refractivity contribution in [3.63, 3.8) is 0 Å². The van der Waals surface area contributed by atoms with Crippen LogP contribution >= 0.6 is 0 Å². The van der Waals surface area contributed by atoms with Gasteiger partial charge >= 0.3 is 0 Å². The van der Waals surface area contributed by atoms with E-state index in [2.05, 4.69) is 34.6 Å². The minimum absolute atomic E-state index is 0.192. The first kappa shape index (κ1) is 13.0. The number of aliphatic hydroxyl groups excluding tert-OH is 1. The van der Waals surface area contributed by atoms with Gasteiger partial charge in [0.25, 0.3) is 0 Å². The Morgan fingerprint density at radius 2 is 1.67 bits per heavy atom. The maximum Gasteiger partial charge on any atom is 0.0607 e. The van der Waals surface area contributed by atoms with Crippen molar-refractivity contribution in [1.29, 1.82) is 0 Å². The third-order valence-electron chi connectivity index (χ3n) is 3.80. The van der Waals surface area contributed by atoms with Gasteiger partial charge in [0, 0.05) is 5.92 Å². The van der Waals surface area contributed by atoms with E-state index in [1.165, 1.54) is 0 Å². The Balaban J connectivity index is 2.47. The fraction of sp³-hybridized carbons (Fsp3) is 1.00. The Kier molecular flexibility index (Phi) is 4.60. The molecule has 2 nitrogen and oxygen atoms in total. The molecule has 2 heteroatoms. The van der Waals surface area contributed by atoms with Gasteiger partial charge in [-0.1, -0.05) is 20.8 Å². The molecular formula is C13H26O2. The predicted octanol–water partition coefficient (Wildman–Crippen LogP) is 2.84. The monoisotopic (exact) mass is 214 g/mol. The highest BCUT2D eigenvalue weighted by atomic mass is 16.5. The molecule has 1 aliphatic rings. The van der Waals surface area contributed by atoms with Crippen LogP contribution in [0, 0.1) is 17.8 Å². The Morgan fingerprint density at radius 3 is 2.07 bits per heavy atom. The SMILES string of the molecule is CC(C)CCC(O)C1C(C)OC(C)C1C. The second kappa shape index (κ2) is 5.31. The van der Waals surface area contributed by atoms with Gasteiger partial charge in [0.15, 0.2) is 0 Å². The van der Waals surface area contributed by atoms with Crippen LogP contribution in [0.5, 0.6) is 0 Å². The van der Waals surface area contributed by atoms with E-state index in [4.69, 9.17) is 4.74 Å². The molecule has 90 valence electrons. The molecule has 1 saturated heterocycles. The van der Waals surface area contributed by atoms with Crippen LogP contribution in [0.1, 0.15) is 47.5 Å². The van der Waals surface area contributed by atoms with Crippen LogP contribution in [0.3, 0.4) is 0 Å². The summed E-state index contributed by atoms with van der Waals surface area (Å²) in [4.78, 5) is 0. The van der Waals surface area contributed by atoms with Crippen LogP contribution in [-0.4, -0.2) is 23.4 Å². The third-order valence-corrected chi connectivity index (χ3v) is 3.80. The van der Waals surface area contributed by atoms with Gasteiger partial charge in [0.05, 0.1) is 18.3 Å². The number of ether oxygens (including phenoxy) is 1. The first-order valence-electron chi connectivity index (χ1n) is 6.27. The van der Waals surface area contributed by atoms with Gasteiger partial charge < -0.3 is 9.84 Å².